The zero-order chi connectivity index (χ0) is 64.2. The van der Waals surface area contributed by atoms with Gasteiger partial charge in [0.2, 0.25) is 29.4 Å². The van der Waals surface area contributed by atoms with Crippen LogP contribution in [0.2, 0.25) is 0 Å². The fourth-order valence-corrected chi connectivity index (χ4v) is 8.61. The number of likely N-dealkylation sites (tertiary alicyclic amines) is 1. The summed E-state index contributed by atoms with van der Waals surface area (Å²) in [5.74, 6) is -2.08. The summed E-state index contributed by atoms with van der Waals surface area (Å²) in [5.41, 5.74) is 7.35. The second kappa shape index (κ2) is 35.8. The maximum absolute atomic E-state index is 13.5. The first-order valence-electron chi connectivity index (χ1n) is 29.1. The third-order valence-electron chi connectivity index (χ3n) is 13.3. The molecule has 0 saturated carbocycles. The van der Waals surface area contributed by atoms with Crippen molar-refractivity contribution in [3.8, 4) is 5.75 Å². The number of nitrogen functional groups attached to an aromatic ring is 1. The van der Waals surface area contributed by atoms with Crippen LogP contribution in [-0.2, 0) is 87.5 Å². The quantitative estimate of drug-likeness (QED) is 0.0212. The van der Waals surface area contributed by atoms with Gasteiger partial charge in [-0.1, -0.05) is 0 Å². The van der Waals surface area contributed by atoms with Crippen molar-refractivity contribution in [2.75, 3.05) is 164 Å². The van der Waals surface area contributed by atoms with Gasteiger partial charge in [0.25, 0.3) is 23.6 Å². The van der Waals surface area contributed by atoms with Gasteiger partial charge in [-0.3, -0.25) is 33.6 Å². The molecule has 6 heterocycles. The van der Waals surface area contributed by atoms with E-state index in [1.165, 1.54) is 38.7 Å². The van der Waals surface area contributed by atoms with Crippen LogP contribution in [0.4, 0.5) is 34.5 Å². The van der Waals surface area contributed by atoms with Gasteiger partial charge in [-0.25, -0.2) is 15.0 Å². The molecule has 1 aliphatic rings. The fourth-order valence-electron chi connectivity index (χ4n) is 8.61. The monoisotopic (exact) mass is 1260 g/mol. The van der Waals surface area contributed by atoms with Crippen LogP contribution in [0.25, 0.3) is 0 Å². The molecule has 0 bridgehead atoms. The van der Waals surface area contributed by atoms with Gasteiger partial charge in [0.1, 0.15) is 23.9 Å². The summed E-state index contributed by atoms with van der Waals surface area (Å²) in [6.07, 6.45) is 8.93. The summed E-state index contributed by atoms with van der Waals surface area (Å²) in [5, 5.41) is 16.2. The number of amides is 7. The molecule has 0 aliphatic carbocycles. The minimum Gasteiger partial charge on any atom is -0.491 e. The minimum absolute atomic E-state index is 0.0427. The molecule has 1 aromatic carbocycles. The van der Waals surface area contributed by atoms with E-state index in [0.29, 0.717) is 129 Å². The van der Waals surface area contributed by atoms with E-state index in [1.54, 1.807) is 85.7 Å². The Hall–Kier alpha value is -9.02. The minimum atomic E-state index is -0.619. The standard InChI is InChI=1S/C58H80N16O16/c1-69-14-12-60-51(69)56(79)63-43-33-48(71(3)37-43)68-50(76)11-10-49(75)64-46-38-73(5)53(65-46)57(80)62-42-32-45(70(2)36-42)58(81)74-34-40(35-74)54(77)67-47-39-72(4)52(66-47)55(78)61-13-15-82-16-17-83-18-19-84-20-21-85-22-23-86-24-25-87-26-27-88-28-29-89-30-31-90-44-8-6-41(59)7-9-44/h6-9,12,14,32-33,36-40H,10-11,13,15-31,34-35,59H2,1-5H3,(H,61,78)(H,62,80)(H,63,79)(H,64,75)(H,67,77)(H,68,76). The maximum atomic E-state index is 13.5. The van der Waals surface area contributed by atoms with Crippen LogP contribution in [0.5, 0.6) is 5.75 Å². The van der Waals surface area contributed by atoms with Gasteiger partial charge in [0.05, 0.1) is 123 Å². The third-order valence-corrected chi connectivity index (χ3v) is 13.3. The summed E-state index contributed by atoms with van der Waals surface area (Å²) in [6.45, 7) is 7.55. The van der Waals surface area contributed by atoms with Crippen LogP contribution >= 0.6 is 0 Å². The van der Waals surface area contributed by atoms with Crippen LogP contribution in [0.1, 0.15) is 55.2 Å². The van der Waals surface area contributed by atoms with E-state index in [4.69, 9.17) is 48.4 Å². The van der Waals surface area contributed by atoms with Crippen LogP contribution in [0, 0.1) is 5.92 Å². The number of hydrogen-bond acceptors (Lipinski definition) is 20. The summed E-state index contributed by atoms with van der Waals surface area (Å²) in [6, 6.07) is 10.3. The maximum Gasteiger partial charge on any atom is 0.291 e. The molecule has 0 radical (unpaired) electrons. The van der Waals surface area contributed by atoms with E-state index in [0.717, 1.165) is 5.75 Å². The number of benzene rings is 1. The number of nitrogens with two attached hydrogens (primary N) is 1. The highest BCUT2D eigenvalue weighted by Crippen LogP contribution is 2.24. The Morgan fingerprint density at radius 2 is 0.967 bits per heavy atom. The second-order valence-corrected chi connectivity index (χ2v) is 20.4. The van der Waals surface area contributed by atoms with Crippen molar-refractivity contribution >= 4 is 75.9 Å². The van der Waals surface area contributed by atoms with Gasteiger partial charge in [-0.2, -0.15) is 0 Å². The first-order chi connectivity index (χ1) is 43.5. The Kier molecular flexibility index (Phi) is 27.3. The first kappa shape index (κ1) is 68.5. The lowest BCUT2D eigenvalue weighted by atomic mass is 9.98. The lowest BCUT2D eigenvalue weighted by Gasteiger charge is -2.38. The SMILES string of the molecule is Cn1cc(NC(=O)c2nccn2C)cc1NC(=O)CCC(=O)Nc1cn(C)c(C(=O)Nc2cc(C(=O)N3CC(C(=O)Nc4cn(C)c(C(=O)NCCOCCOCCOCCOCCOCCOCCOCCOCCOc5ccc(N)cc5)n4)C3)n(C)c2)n1. The lowest BCUT2D eigenvalue weighted by Crippen LogP contribution is -2.54. The third kappa shape index (κ3) is 22.2. The number of nitrogens with one attached hydrogen (secondary N) is 6. The van der Waals surface area contributed by atoms with Crippen molar-refractivity contribution in [3.05, 3.63) is 96.7 Å². The normalized spacial score (nSPS) is 12.2. The molecule has 7 amide bonds. The van der Waals surface area contributed by atoms with Gasteiger partial charge in [0, 0.05) is 117 Å². The summed E-state index contributed by atoms with van der Waals surface area (Å²) < 4.78 is 57.3. The fraction of sp³-hybridized carbons (Fsp3) is 0.483. The Morgan fingerprint density at radius 3 is 1.50 bits per heavy atom. The summed E-state index contributed by atoms with van der Waals surface area (Å²) in [4.78, 5) is 105. The number of aromatic nitrogens is 8. The molecular weight excluding hydrogens is 1180 g/mol. The molecule has 1 aliphatic heterocycles. The number of anilines is 6. The Balaban J connectivity index is 0.660. The highest BCUT2D eigenvalue weighted by Gasteiger charge is 2.37. The first-order valence-corrected chi connectivity index (χ1v) is 29.1. The highest BCUT2D eigenvalue weighted by atomic mass is 16.6. The highest BCUT2D eigenvalue weighted by molar-refractivity contribution is 6.05. The van der Waals surface area contributed by atoms with Crippen LogP contribution < -0.4 is 42.4 Å². The van der Waals surface area contributed by atoms with E-state index < -0.39 is 35.5 Å². The molecule has 1 saturated heterocycles. The van der Waals surface area contributed by atoms with Crippen molar-refractivity contribution in [2.45, 2.75) is 12.8 Å². The molecule has 488 valence electrons. The molecule has 8 N–H and O–H groups in total. The molecule has 32 heteroatoms. The van der Waals surface area contributed by atoms with Gasteiger partial charge >= 0.3 is 0 Å². The Bertz CT molecular complexity index is 3290. The van der Waals surface area contributed by atoms with Crippen molar-refractivity contribution in [1.82, 2.24) is 48.0 Å². The topological polar surface area (TPSA) is 367 Å². The summed E-state index contributed by atoms with van der Waals surface area (Å²) in [7, 11) is 8.22. The smallest absolute Gasteiger partial charge is 0.291 e. The van der Waals surface area contributed by atoms with E-state index >= 15 is 0 Å². The molecule has 5 aromatic heterocycles. The molecule has 0 atom stereocenters. The van der Waals surface area contributed by atoms with Crippen LogP contribution in [0.15, 0.2) is 73.6 Å². The van der Waals surface area contributed by atoms with E-state index in [9.17, 15) is 33.6 Å². The van der Waals surface area contributed by atoms with Gasteiger partial charge < -0.3 is 108 Å². The van der Waals surface area contributed by atoms with Gasteiger partial charge in [-0.15, -0.1) is 0 Å². The number of rotatable bonds is 41. The molecule has 0 spiro atoms. The van der Waals surface area contributed by atoms with Crippen LogP contribution in [-0.4, -0.2) is 216 Å². The number of imidazole rings is 3. The van der Waals surface area contributed by atoms with Gasteiger partial charge in [-0.05, 0) is 30.3 Å². The van der Waals surface area contributed by atoms with Crippen molar-refractivity contribution in [3.63, 3.8) is 0 Å². The molecule has 90 heavy (non-hydrogen) atoms. The number of carbonyl (C=O) groups is 7. The molecule has 6 aromatic rings. The number of ether oxygens (including phenoxy) is 9. The zero-order valence-electron chi connectivity index (χ0n) is 51.2. The molecular formula is C58H80N16O16. The van der Waals surface area contributed by atoms with Crippen molar-refractivity contribution < 1.29 is 76.2 Å². The Morgan fingerprint density at radius 1 is 0.500 bits per heavy atom. The Labute approximate surface area is 519 Å². The second-order valence-electron chi connectivity index (χ2n) is 20.4. The number of aryl methyl sites for hydroxylation is 5. The zero-order valence-corrected chi connectivity index (χ0v) is 51.2. The average Bonchev–Trinajstić information content (AvgIpc) is 1.53. The summed E-state index contributed by atoms with van der Waals surface area (Å²) >= 11 is 0. The lowest BCUT2D eigenvalue weighted by molar-refractivity contribution is -0.123. The number of carbonyl (C=O) groups excluding carboxylic acids is 7. The molecule has 1 fully saturated rings. The predicted octanol–water partition coefficient (Wildman–Crippen LogP) is 1.66. The van der Waals surface area contributed by atoms with Crippen LogP contribution in [0.3, 0.4) is 0 Å². The number of hydrogen-bond donors (Lipinski definition) is 7. The van der Waals surface area contributed by atoms with E-state index in [-0.39, 0.29) is 85.7 Å². The number of nitrogens with zero attached hydrogens (tertiary/aromatic N) is 9. The molecule has 0 unspecified atom stereocenters. The predicted molar refractivity (Wildman–Crippen MR) is 326 cm³/mol. The van der Waals surface area contributed by atoms with Crippen molar-refractivity contribution in [1.29, 1.82) is 0 Å². The average molecular weight is 1260 g/mol. The van der Waals surface area contributed by atoms with E-state index in [1.807, 2.05) is 12.1 Å². The molecule has 32 nitrogen and oxygen atoms in total. The van der Waals surface area contributed by atoms with E-state index in [2.05, 4.69) is 46.9 Å². The molecule has 7 rings (SSSR count). The van der Waals surface area contributed by atoms with Gasteiger partial charge in [0.15, 0.2) is 17.5 Å². The van der Waals surface area contributed by atoms with Crippen molar-refractivity contribution in [2.24, 2.45) is 41.2 Å². The largest absolute Gasteiger partial charge is 0.491 e.